The van der Waals surface area contributed by atoms with Gasteiger partial charge in [0.1, 0.15) is 11.5 Å². The number of benzene rings is 1. The van der Waals surface area contributed by atoms with Gasteiger partial charge in [-0.2, -0.15) is 0 Å². The summed E-state index contributed by atoms with van der Waals surface area (Å²) in [5.74, 6) is 1.39. The zero-order valence-electron chi connectivity index (χ0n) is 13.1. The second-order valence-electron chi connectivity index (χ2n) is 5.25. The van der Waals surface area contributed by atoms with Crippen molar-refractivity contribution in [2.45, 2.75) is 38.8 Å². The zero-order valence-corrected chi connectivity index (χ0v) is 13.9. The Morgan fingerprint density at radius 3 is 2.50 bits per heavy atom. The molecule has 0 bridgehead atoms. The van der Waals surface area contributed by atoms with Gasteiger partial charge >= 0.3 is 0 Å². The Kier molecular flexibility index (Phi) is 8.06. The maximum Gasteiger partial charge on any atom is 0.258 e. The number of nitrogens with one attached hydrogen (secondary N) is 2. The first-order valence-electron chi connectivity index (χ1n) is 7.57. The van der Waals surface area contributed by atoms with Gasteiger partial charge in [0.2, 0.25) is 0 Å². The Balaban J connectivity index is 0.00000242. The van der Waals surface area contributed by atoms with E-state index in [2.05, 4.69) is 17.6 Å². The van der Waals surface area contributed by atoms with Gasteiger partial charge in [0.15, 0.2) is 6.61 Å². The molecule has 2 rings (SSSR count). The fraction of sp³-hybridized carbons (Fsp3) is 0.562. The van der Waals surface area contributed by atoms with Crippen molar-refractivity contribution in [3.05, 3.63) is 24.3 Å². The Labute approximate surface area is 138 Å². The lowest BCUT2D eigenvalue weighted by molar-refractivity contribution is -0.124. The van der Waals surface area contributed by atoms with Crippen molar-refractivity contribution in [1.29, 1.82) is 0 Å². The Morgan fingerprint density at radius 1 is 1.27 bits per heavy atom. The summed E-state index contributed by atoms with van der Waals surface area (Å²) in [4.78, 5) is 11.9. The number of carbonyl (C=O) groups is 1. The summed E-state index contributed by atoms with van der Waals surface area (Å²) in [5, 5.41) is 6.38. The zero-order chi connectivity index (χ0) is 15.1. The summed E-state index contributed by atoms with van der Waals surface area (Å²) < 4.78 is 10.8. The fourth-order valence-electron chi connectivity index (χ4n) is 2.44. The number of ether oxygens (including phenoxy) is 2. The van der Waals surface area contributed by atoms with Crippen LogP contribution in [0.25, 0.3) is 0 Å². The average Bonchev–Trinajstić information content (AvgIpc) is 2.49. The van der Waals surface area contributed by atoms with Crippen LogP contribution in [-0.4, -0.2) is 37.7 Å². The van der Waals surface area contributed by atoms with Crippen molar-refractivity contribution < 1.29 is 14.3 Å². The molecular weight excluding hydrogens is 304 g/mol. The first-order chi connectivity index (χ1) is 10.2. The Hall–Kier alpha value is -1.46. The number of amides is 1. The molecule has 2 atom stereocenters. The summed E-state index contributed by atoms with van der Waals surface area (Å²) in [6.07, 6.45) is 2.11. The van der Waals surface area contributed by atoms with Crippen LogP contribution in [0.4, 0.5) is 0 Å². The third-order valence-corrected chi connectivity index (χ3v) is 3.61. The van der Waals surface area contributed by atoms with Crippen molar-refractivity contribution in [3.8, 4) is 11.5 Å². The lowest BCUT2D eigenvalue weighted by atomic mass is 10.00. The van der Waals surface area contributed by atoms with Crippen molar-refractivity contribution >= 4 is 18.3 Å². The van der Waals surface area contributed by atoms with E-state index >= 15 is 0 Å². The standard InChI is InChI=1S/C16H24N2O3.ClH/c1-3-20-13-6-8-14(9-7-13)21-11-16(19)18-15-5-4-10-17-12(15)2;/h6-9,12,15,17H,3-5,10-11H2,1-2H3,(H,18,19);1H. The van der Waals surface area contributed by atoms with Crippen LogP contribution in [0.5, 0.6) is 11.5 Å². The molecule has 1 aliphatic heterocycles. The van der Waals surface area contributed by atoms with Gasteiger partial charge in [-0.1, -0.05) is 0 Å². The van der Waals surface area contributed by atoms with Crippen LogP contribution >= 0.6 is 12.4 Å². The molecule has 0 aliphatic carbocycles. The number of rotatable bonds is 6. The van der Waals surface area contributed by atoms with Crippen molar-refractivity contribution in [3.63, 3.8) is 0 Å². The molecular formula is C16H25ClN2O3. The van der Waals surface area contributed by atoms with Gasteiger partial charge in [-0.15, -0.1) is 12.4 Å². The van der Waals surface area contributed by atoms with E-state index in [0.29, 0.717) is 18.4 Å². The maximum atomic E-state index is 11.9. The van der Waals surface area contributed by atoms with Crippen LogP contribution < -0.4 is 20.1 Å². The molecule has 2 unspecified atom stereocenters. The molecule has 1 saturated heterocycles. The van der Waals surface area contributed by atoms with Gasteiger partial charge in [-0.3, -0.25) is 4.79 Å². The van der Waals surface area contributed by atoms with Crippen LogP contribution in [0, 0.1) is 0 Å². The highest BCUT2D eigenvalue weighted by atomic mass is 35.5. The van der Waals surface area contributed by atoms with E-state index in [0.717, 1.165) is 25.1 Å². The summed E-state index contributed by atoms with van der Waals surface area (Å²) in [6.45, 7) is 5.73. The van der Waals surface area contributed by atoms with Crippen molar-refractivity contribution in [1.82, 2.24) is 10.6 Å². The van der Waals surface area contributed by atoms with E-state index in [1.165, 1.54) is 0 Å². The monoisotopic (exact) mass is 328 g/mol. The second-order valence-corrected chi connectivity index (χ2v) is 5.25. The topological polar surface area (TPSA) is 59.6 Å². The van der Waals surface area contributed by atoms with Gasteiger partial charge in [0.25, 0.3) is 5.91 Å². The minimum Gasteiger partial charge on any atom is -0.494 e. The fourth-order valence-corrected chi connectivity index (χ4v) is 2.44. The second kappa shape index (κ2) is 9.54. The summed E-state index contributed by atoms with van der Waals surface area (Å²) in [7, 11) is 0. The smallest absolute Gasteiger partial charge is 0.258 e. The van der Waals surface area contributed by atoms with E-state index in [1.54, 1.807) is 0 Å². The first kappa shape index (κ1) is 18.6. The molecule has 2 N–H and O–H groups in total. The molecule has 0 saturated carbocycles. The number of piperidine rings is 1. The van der Waals surface area contributed by atoms with Crippen LogP contribution in [0.15, 0.2) is 24.3 Å². The van der Waals surface area contributed by atoms with Gasteiger partial charge in [-0.05, 0) is 57.5 Å². The van der Waals surface area contributed by atoms with Gasteiger partial charge in [0.05, 0.1) is 6.61 Å². The number of halogens is 1. The molecule has 1 heterocycles. The van der Waals surface area contributed by atoms with Crippen molar-refractivity contribution in [2.24, 2.45) is 0 Å². The number of hydrogen-bond acceptors (Lipinski definition) is 4. The lowest BCUT2D eigenvalue weighted by Crippen LogP contribution is -2.52. The molecule has 22 heavy (non-hydrogen) atoms. The number of carbonyl (C=O) groups excluding carboxylic acids is 1. The highest BCUT2D eigenvalue weighted by Gasteiger charge is 2.22. The molecule has 1 aliphatic rings. The average molecular weight is 329 g/mol. The predicted molar refractivity (Wildman–Crippen MR) is 89.0 cm³/mol. The van der Waals surface area contributed by atoms with E-state index in [9.17, 15) is 4.79 Å². The predicted octanol–water partition coefficient (Wildman–Crippen LogP) is 2.14. The summed E-state index contributed by atoms with van der Waals surface area (Å²) in [5.41, 5.74) is 0. The minimum atomic E-state index is -0.0792. The van der Waals surface area contributed by atoms with Gasteiger partial charge < -0.3 is 20.1 Å². The van der Waals surface area contributed by atoms with Crippen LogP contribution in [0.1, 0.15) is 26.7 Å². The lowest BCUT2D eigenvalue weighted by Gasteiger charge is -2.30. The Bertz CT molecular complexity index is 453. The molecule has 1 fully saturated rings. The third kappa shape index (κ3) is 5.73. The highest BCUT2D eigenvalue weighted by Crippen LogP contribution is 2.17. The molecule has 1 aromatic carbocycles. The molecule has 5 nitrogen and oxygen atoms in total. The van der Waals surface area contributed by atoms with Gasteiger partial charge in [-0.25, -0.2) is 0 Å². The van der Waals surface area contributed by atoms with E-state index in [-0.39, 0.29) is 31.0 Å². The largest absolute Gasteiger partial charge is 0.494 e. The minimum absolute atomic E-state index is 0. The summed E-state index contributed by atoms with van der Waals surface area (Å²) in [6, 6.07) is 7.79. The normalized spacial score (nSPS) is 20.6. The van der Waals surface area contributed by atoms with Crippen LogP contribution in [0.2, 0.25) is 0 Å². The first-order valence-corrected chi connectivity index (χ1v) is 7.57. The molecule has 0 aromatic heterocycles. The van der Waals surface area contributed by atoms with Crippen LogP contribution in [0.3, 0.4) is 0 Å². The molecule has 1 amide bonds. The molecule has 0 radical (unpaired) electrons. The number of hydrogen-bond donors (Lipinski definition) is 2. The molecule has 6 heteroatoms. The molecule has 0 spiro atoms. The SMILES string of the molecule is CCOc1ccc(OCC(=O)NC2CCCNC2C)cc1.Cl. The Morgan fingerprint density at radius 2 is 1.91 bits per heavy atom. The van der Waals surface area contributed by atoms with Gasteiger partial charge in [0, 0.05) is 12.1 Å². The maximum absolute atomic E-state index is 11.9. The molecule has 1 aromatic rings. The quantitative estimate of drug-likeness (QED) is 0.840. The van der Waals surface area contributed by atoms with E-state index in [1.807, 2.05) is 31.2 Å². The highest BCUT2D eigenvalue weighted by molar-refractivity contribution is 5.85. The van der Waals surface area contributed by atoms with Crippen molar-refractivity contribution in [2.75, 3.05) is 19.8 Å². The third-order valence-electron chi connectivity index (χ3n) is 3.61. The molecule has 124 valence electrons. The van der Waals surface area contributed by atoms with E-state index in [4.69, 9.17) is 9.47 Å². The summed E-state index contributed by atoms with van der Waals surface area (Å²) >= 11 is 0. The van der Waals surface area contributed by atoms with Crippen LogP contribution in [-0.2, 0) is 4.79 Å². The van der Waals surface area contributed by atoms with E-state index < -0.39 is 0 Å².